The summed E-state index contributed by atoms with van der Waals surface area (Å²) in [5.74, 6) is 3.46. The molecular formula is C26H28N2O4. The molecule has 0 N–H and O–H groups in total. The number of para-hydroxylation sites is 2. The first-order chi connectivity index (χ1) is 15.5. The second kappa shape index (κ2) is 9.22. The number of benzene rings is 3. The second-order valence-corrected chi connectivity index (χ2v) is 7.61. The summed E-state index contributed by atoms with van der Waals surface area (Å²) in [6, 6.07) is 18.2. The number of hydrogen-bond donors (Lipinski definition) is 0. The van der Waals surface area contributed by atoms with Gasteiger partial charge in [-0.1, -0.05) is 24.3 Å². The molecule has 0 aliphatic carbocycles. The number of rotatable bonds is 8. The summed E-state index contributed by atoms with van der Waals surface area (Å²) in [6.07, 6.45) is 0. The topological polar surface area (TPSA) is 54.7 Å². The lowest BCUT2D eigenvalue weighted by Crippen LogP contribution is -2.10. The number of aromatic nitrogens is 2. The van der Waals surface area contributed by atoms with Gasteiger partial charge in [0, 0.05) is 5.56 Å². The Hall–Kier alpha value is -3.67. The van der Waals surface area contributed by atoms with E-state index in [0.29, 0.717) is 30.4 Å². The van der Waals surface area contributed by atoms with Gasteiger partial charge in [-0.25, -0.2) is 4.98 Å². The quantitative estimate of drug-likeness (QED) is 0.372. The van der Waals surface area contributed by atoms with Gasteiger partial charge in [0.05, 0.1) is 38.9 Å². The highest BCUT2D eigenvalue weighted by atomic mass is 16.5. The van der Waals surface area contributed by atoms with Crippen LogP contribution in [-0.4, -0.2) is 37.5 Å². The monoisotopic (exact) mass is 432 g/mol. The molecule has 4 aromatic rings. The minimum absolute atomic E-state index is 0.516. The molecule has 3 aromatic carbocycles. The van der Waals surface area contributed by atoms with E-state index < -0.39 is 0 Å². The van der Waals surface area contributed by atoms with Crippen LogP contribution in [0.3, 0.4) is 0 Å². The average molecular weight is 433 g/mol. The van der Waals surface area contributed by atoms with Crippen LogP contribution >= 0.6 is 0 Å². The van der Waals surface area contributed by atoms with Gasteiger partial charge in [0.25, 0.3) is 0 Å². The third kappa shape index (κ3) is 4.08. The highest BCUT2D eigenvalue weighted by Crippen LogP contribution is 2.41. The van der Waals surface area contributed by atoms with Crippen molar-refractivity contribution in [2.45, 2.75) is 20.4 Å². The first kappa shape index (κ1) is 21.6. The smallest absolute Gasteiger partial charge is 0.203 e. The Morgan fingerprint density at radius 3 is 2.22 bits per heavy atom. The van der Waals surface area contributed by atoms with Crippen LogP contribution in [0.5, 0.6) is 23.0 Å². The first-order valence-electron chi connectivity index (χ1n) is 10.5. The number of aryl methyl sites for hydroxylation is 2. The second-order valence-electron chi connectivity index (χ2n) is 7.61. The Labute approximate surface area is 188 Å². The van der Waals surface area contributed by atoms with Gasteiger partial charge in [-0.05, 0) is 55.3 Å². The lowest BCUT2D eigenvalue weighted by molar-refractivity contribution is 0.298. The van der Waals surface area contributed by atoms with E-state index in [2.05, 4.69) is 42.7 Å². The average Bonchev–Trinajstić information content (AvgIpc) is 3.19. The lowest BCUT2D eigenvalue weighted by atomic mass is 10.1. The molecule has 0 saturated heterocycles. The van der Waals surface area contributed by atoms with Crippen LogP contribution in [-0.2, 0) is 6.54 Å². The van der Waals surface area contributed by atoms with Crippen molar-refractivity contribution in [3.63, 3.8) is 0 Å². The fourth-order valence-electron chi connectivity index (χ4n) is 3.84. The molecule has 0 fully saturated rings. The van der Waals surface area contributed by atoms with Crippen molar-refractivity contribution >= 4 is 11.0 Å². The number of ether oxygens (including phenoxy) is 4. The van der Waals surface area contributed by atoms with Crippen molar-refractivity contribution < 1.29 is 18.9 Å². The molecule has 0 bridgehead atoms. The molecule has 1 heterocycles. The largest absolute Gasteiger partial charge is 0.493 e. The van der Waals surface area contributed by atoms with E-state index in [1.165, 1.54) is 5.56 Å². The molecule has 1 aromatic heterocycles. The Bertz CT molecular complexity index is 1220. The van der Waals surface area contributed by atoms with Crippen molar-refractivity contribution in [1.29, 1.82) is 0 Å². The Morgan fingerprint density at radius 1 is 0.812 bits per heavy atom. The van der Waals surface area contributed by atoms with Crippen LogP contribution in [0.1, 0.15) is 11.1 Å². The predicted molar refractivity (Wildman–Crippen MR) is 126 cm³/mol. The van der Waals surface area contributed by atoms with Crippen LogP contribution in [0.25, 0.3) is 22.4 Å². The van der Waals surface area contributed by atoms with E-state index >= 15 is 0 Å². The summed E-state index contributed by atoms with van der Waals surface area (Å²) in [5, 5.41) is 0. The highest BCUT2D eigenvalue weighted by molar-refractivity contribution is 5.81. The van der Waals surface area contributed by atoms with Crippen LogP contribution in [0.4, 0.5) is 0 Å². The molecule has 0 radical (unpaired) electrons. The summed E-state index contributed by atoms with van der Waals surface area (Å²) >= 11 is 0. The van der Waals surface area contributed by atoms with Gasteiger partial charge in [-0.15, -0.1) is 0 Å². The summed E-state index contributed by atoms with van der Waals surface area (Å²) in [6.45, 7) is 5.28. The SMILES string of the molecule is COc1cc(-c2nc3ccccc3n2CCOc2cc(C)ccc2C)cc(OC)c1OC. The van der Waals surface area contributed by atoms with E-state index in [9.17, 15) is 0 Å². The molecule has 6 nitrogen and oxygen atoms in total. The van der Waals surface area contributed by atoms with E-state index in [4.69, 9.17) is 23.9 Å². The Morgan fingerprint density at radius 2 is 1.53 bits per heavy atom. The van der Waals surface area contributed by atoms with Gasteiger partial charge in [-0.2, -0.15) is 0 Å². The number of imidazole rings is 1. The standard InChI is InChI=1S/C26H28N2O4/c1-17-10-11-18(2)22(14-17)32-13-12-28-21-9-7-6-8-20(21)27-26(28)19-15-23(29-3)25(31-5)24(16-19)30-4/h6-11,14-16H,12-13H2,1-5H3. The van der Waals surface area contributed by atoms with E-state index in [0.717, 1.165) is 33.7 Å². The maximum atomic E-state index is 6.14. The number of fused-ring (bicyclic) bond motifs is 1. The summed E-state index contributed by atoms with van der Waals surface area (Å²) in [5.41, 5.74) is 5.14. The normalized spacial score (nSPS) is 10.9. The zero-order valence-corrected chi connectivity index (χ0v) is 19.1. The van der Waals surface area contributed by atoms with Crippen LogP contribution < -0.4 is 18.9 Å². The van der Waals surface area contributed by atoms with Gasteiger partial charge in [0.15, 0.2) is 11.5 Å². The molecule has 0 spiro atoms. The molecule has 0 amide bonds. The molecular weight excluding hydrogens is 404 g/mol. The van der Waals surface area contributed by atoms with E-state index in [1.54, 1.807) is 21.3 Å². The van der Waals surface area contributed by atoms with Gasteiger partial charge < -0.3 is 23.5 Å². The van der Waals surface area contributed by atoms with Crippen LogP contribution in [0.15, 0.2) is 54.6 Å². The minimum atomic E-state index is 0.516. The molecule has 0 aliphatic rings. The highest BCUT2D eigenvalue weighted by Gasteiger charge is 2.19. The Balaban J connectivity index is 1.73. The zero-order chi connectivity index (χ0) is 22.7. The molecule has 32 heavy (non-hydrogen) atoms. The summed E-state index contributed by atoms with van der Waals surface area (Å²) in [4.78, 5) is 4.90. The summed E-state index contributed by atoms with van der Waals surface area (Å²) < 4.78 is 24.9. The molecule has 166 valence electrons. The maximum Gasteiger partial charge on any atom is 0.203 e. The third-order valence-electron chi connectivity index (χ3n) is 5.49. The van der Waals surface area contributed by atoms with E-state index in [1.807, 2.05) is 30.3 Å². The van der Waals surface area contributed by atoms with Gasteiger partial charge in [-0.3, -0.25) is 0 Å². The zero-order valence-electron chi connectivity index (χ0n) is 19.1. The van der Waals surface area contributed by atoms with Crippen molar-refractivity contribution in [1.82, 2.24) is 9.55 Å². The number of hydrogen-bond acceptors (Lipinski definition) is 5. The molecule has 4 rings (SSSR count). The maximum absolute atomic E-state index is 6.14. The van der Waals surface area contributed by atoms with Crippen molar-refractivity contribution in [3.05, 3.63) is 65.7 Å². The lowest BCUT2D eigenvalue weighted by Gasteiger charge is -2.16. The van der Waals surface area contributed by atoms with Crippen LogP contribution in [0.2, 0.25) is 0 Å². The number of nitrogens with zero attached hydrogens (tertiary/aromatic N) is 2. The summed E-state index contributed by atoms with van der Waals surface area (Å²) in [7, 11) is 4.82. The first-order valence-corrected chi connectivity index (χ1v) is 10.5. The van der Waals surface area contributed by atoms with E-state index in [-0.39, 0.29) is 0 Å². The number of methoxy groups -OCH3 is 3. The predicted octanol–water partition coefficient (Wildman–Crippen LogP) is 5.42. The molecule has 0 unspecified atom stereocenters. The molecule has 0 aliphatic heterocycles. The van der Waals surface area contributed by atoms with Gasteiger partial charge in [0.1, 0.15) is 18.2 Å². The van der Waals surface area contributed by atoms with Crippen molar-refractivity contribution in [2.24, 2.45) is 0 Å². The Kier molecular flexibility index (Phi) is 6.21. The minimum Gasteiger partial charge on any atom is -0.493 e. The fourth-order valence-corrected chi connectivity index (χ4v) is 3.84. The molecule has 0 atom stereocenters. The third-order valence-corrected chi connectivity index (χ3v) is 5.49. The van der Waals surface area contributed by atoms with Crippen LogP contribution in [0, 0.1) is 13.8 Å². The van der Waals surface area contributed by atoms with Crippen molar-refractivity contribution in [2.75, 3.05) is 27.9 Å². The van der Waals surface area contributed by atoms with Gasteiger partial charge >= 0.3 is 0 Å². The van der Waals surface area contributed by atoms with Crippen molar-refractivity contribution in [3.8, 4) is 34.4 Å². The molecule has 6 heteroatoms. The fraction of sp³-hybridized carbons (Fsp3) is 0.269. The molecule has 0 saturated carbocycles. The van der Waals surface area contributed by atoms with Gasteiger partial charge in [0.2, 0.25) is 5.75 Å².